The Labute approximate surface area is 107 Å². The largest absolute Gasteiger partial charge is 0.383 e. The lowest BCUT2D eigenvalue weighted by molar-refractivity contribution is -0.0464. The molecule has 1 saturated heterocycles. The first-order chi connectivity index (χ1) is 8.09. The van der Waals surface area contributed by atoms with Gasteiger partial charge in [0.25, 0.3) is 0 Å². The molecule has 0 amide bonds. The summed E-state index contributed by atoms with van der Waals surface area (Å²) in [5.41, 5.74) is -0.0661. The maximum atomic E-state index is 10.9. The fourth-order valence-electron chi connectivity index (χ4n) is 2.54. The van der Waals surface area contributed by atoms with Gasteiger partial charge in [0.05, 0.1) is 16.9 Å². The predicted molar refractivity (Wildman–Crippen MR) is 68.1 cm³/mol. The molecule has 0 spiro atoms. The Hall–Kier alpha value is -0.580. The average Bonchev–Trinajstić information content (AvgIpc) is 2.65. The minimum atomic E-state index is -0.853. The summed E-state index contributed by atoms with van der Waals surface area (Å²) in [6.45, 7) is 6.56. The summed E-state index contributed by atoms with van der Waals surface area (Å²) in [4.78, 5) is 0. The third-order valence-corrected chi connectivity index (χ3v) is 3.87. The summed E-state index contributed by atoms with van der Waals surface area (Å²) >= 11 is 6.21. The van der Waals surface area contributed by atoms with Gasteiger partial charge in [0, 0.05) is 19.0 Å². The van der Waals surface area contributed by atoms with Crippen molar-refractivity contribution in [2.24, 2.45) is 5.92 Å². The van der Waals surface area contributed by atoms with Crippen LogP contribution in [0.2, 0.25) is 5.02 Å². The summed E-state index contributed by atoms with van der Waals surface area (Å²) in [5, 5.41) is 19.0. The van der Waals surface area contributed by atoms with Gasteiger partial charge < -0.3 is 10.4 Å². The summed E-state index contributed by atoms with van der Waals surface area (Å²) < 4.78 is 1.85. The minimum absolute atomic E-state index is 0.140. The Bertz CT molecular complexity index is 393. The fourth-order valence-corrected chi connectivity index (χ4v) is 2.84. The molecule has 1 fully saturated rings. The number of halogens is 1. The smallest absolute Gasteiger partial charge is 0.113 e. The Balaban J connectivity index is 2.39. The Morgan fingerprint density at radius 2 is 2.47 bits per heavy atom. The number of hydrogen-bond donors (Lipinski definition) is 2. The molecule has 2 unspecified atom stereocenters. The van der Waals surface area contributed by atoms with Crippen LogP contribution in [0.25, 0.3) is 0 Å². The molecule has 1 aliphatic rings. The van der Waals surface area contributed by atoms with Crippen molar-refractivity contribution in [1.82, 2.24) is 15.1 Å². The quantitative estimate of drug-likeness (QED) is 0.868. The molecular formula is C12H20ClN3O. The number of piperidine rings is 1. The van der Waals surface area contributed by atoms with Gasteiger partial charge in [0.15, 0.2) is 0 Å². The van der Waals surface area contributed by atoms with Crippen LogP contribution < -0.4 is 5.32 Å². The van der Waals surface area contributed by atoms with Gasteiger partial charge in [-0.15, -0.1) is 0 Å². The normalized spacial score (nSPS) is 29.5. The zero-order valence-electron chi connectivity index (χ0n) is 10.4. The second-order valence-corrected chi connectivity index (χ2v) is 5.25. The van der Waals surface area contributed by atoms with Gasteiger partial charge in [-0.2, -0.15) is 5.10 Å². The van der Waals surface area contributed by atoms with Crippen molar-refractivity contribution in [1.29, 1.82) is 0 Å². The molecule has 1 aliphatic heterocycles. The molecule has 0 saturated carbocycles. The lowest BCUT2D eigenvalue weighted by Gasteiger charge is -2.39. The second-order valence-electron chi connectivity index (χ2n) is 4.84. The van der Waals surface area contributed by atoms with Crippen molar-refractivity contribution in [3.8, 4) is 0 Å². The van der Waals surface area contributed by atoms with Crippen molar-refractivity contribution in [3.63, 3.8) is 0 Å². The van der Waals surface area contributed by atoms with Crippen molar-refractivity contribution < 1.29 is 5.11 Å². The molecule has 2 atom stereocenters. The van der Waals surface area contributed by atoms with Crippen LogP contribution in [0.4, 0.5) is 0 Å². The molecule has 1 aromatic heterocycles. The molecule has 0 radical (unpaired) electrons. The maximum absolute atomic E-state index is 10.9. The summed E-state index contributed by atoms with van der Waals surface area (Å²) in [5.74, 6) is 0.140. The van der Waals surface area contributed by atoms with Crippen molar-refractivity contribution in [3.05, 3.63) is 16.9 Å². The molecule has 2 N–H and O–H groups in total. The van der Waals surface area contributed by atoms with Gasteiger partial charge in [-0.1, -0.05) is 25.4 Å². The predicted octanol–water partition coefficient (Wildman–Crippen LogP) is 1.76. The van der Waals surface area contributed by atoms with Crippen LogP contribution in [0.5, 0.6) is 0 Å². The Kier molecular flexibility index (Phi) is 3.76. The molecule has 0 aromatic carbocycles. The topological polar surface area (TPSA) is 50.1 Å². The molecule has 17 heavy (non-hydrogen) atoms. The van der Waals surface area contributed by atoms with E-state index in [-0.39, 0.29) is 5.92 Å². The van der Waals surface area contributed by atoms with Crippen molar-refractivity contribution in [2.45, 2.75) is 38.8 Å². The van der Waals surface area contributed by atoms with Crippen LogP contribution in [0.3, 0.4) is 0 Å². The van der Waals surface area contributed by atoms with E-state index in [1.54, 1.807) is 6.20 Å². The monoisotopic (exact) mass is 257 g/mol. The maximum Gasteiger partial charge on any atom is 0.113 e. The van der Waals surface area contributed by atoms with Crippen molar-refractivity contribution >= 4 is 11.6 Å². The first kappa shape index (κ1) is 12.9. The highest BCUT2D eigenvalue weighted by atomic mass is 35.5. The summed E-state index contributed by atoms with van der Waals surface area (Å²) in [7, 11) is 0. The Morgan fingerprint density at radius 1 is 1.71 bits per heavy atom. The zero-order valence-corrected chi connectivity index (χ0v) is 11.2. The highest BCUT2D eigenvalue weighted by Gasteiger charge is 2.41. The van der Waals surface area contributed by atoms with Crippen LogP contribution in [-0.2, 0) is 12.1 Å². The number of aryl methyl sites for hydroxylation is 1. The molecule has 1 aromatic rings. The second kappa shape index (κ2) is 4.96. The molecule has 2 heterocycles. The Morgan fingerprint density at radius 3 is 3.12 bits per heavy atom. The van der Waals surface area contributed by atoms with Gasteiger partial charge in [-0.25, -0.2) is 0 Å². The minimum Gasteiger partial charge on any atom is -0.383 e. The highest BCUT2D eigenvalue weighted by molar-refractivity contribution is 6.31. The molecule has 96 valence electrons. The van der Waals surface area contributed by atoms with Crippen molar-refractivity contribution in [2.75, 3.05) is 13.1 Å². The van der Waals surface area contributed by atoms with E-state index in [2.05, 4.69) is 17.3 Å². The molecule has 4 nitrogen and oxygen atoms in total. The van der Waals surface area contributed by atoms with E-state index in [4.69, 9.17) is 11.6 Å². The third kappa shape index (κ3) is 2.21. The van der Waals surface area contributed by atoms with Crippen LogP contribution in [0.15, 0.2) is 6.20 Å². The van der Waals surface area contributed by atoms with E-state index in [0.29, 0.717) is 11.4 Å². The molecule has 2 rings (SSSR count). The fraction of sp³-hybridized carbons (Fsp3) is 0.750. The number of aromatic nitrogens is 2. The summed E-state index contributed by atoms with van der Waals surface area (Å²) in [6.07, 6.45) is 3.30. The average molecular weight is 258 g/mol. The zero-order chi connectivity index (χ0) is 12.5. The first-order valence-electron chi connectivity index (χ1n) is 6.24. The lowest BCUT2D eigenvalue weighted by Crippen LogP contribution is -2.48. The van der Waals surface area contributed by atoms with Crippen LogP contribution in [0.1, 0.15) is 32.4 Å². The van der Waals surface area contributed by atoms with E-state index in [1.165, 1.54) is 0 Å². The number of nitrogens with zero attached hydrogens (tertiary/aromatic N) is 2. The van der Waals surface area contributed by atoms with E-state index >= 15 is 0 Å². The van der Waals surface area contributed by atoms with Gasteiger partial charge in [-0.3, -0.25) is 4.68 Å². The highest BCUT2D eigenvalue weighted by Crippen LogP contribution is 2.38. The van der Waals surface area contributed by atoms with E-state index < -0.39 is 5.60 Å². The van der Waals surface area contributed by atoms with Crippen LogP contribution in [-0.4, -0.2) is 28.0 Å². The van der Waals surface area contributed by atoms with Crippen LogP contribution in [0, 0.1) is 5.92 Å². The lowest BCUT2D eigenvalue weighted by atomic mass is 9.80. The first-order valence-corrected chi connectivity index (χ1v) is 6.62. The van der Waals surface area contributed by atoms with Gasteiger partial charge >= 0.3 is 0 Å². The van der Waals surface area contributed by atoms with E-state index in [9.17, 15) is 5.11 Å². The summed E-state index contributed by atoms with van der Waals surface area (Å²) in [6, 6.07) is 0. The number of aliphatic hydroxyl groups is 1. The van der Waals surface area contributed by atoms with E-state index in [0.717, 1.165) is 31.7 Å². The van der Waals surface area contributed by atoms with Gasteiger partial charge in [0.1, 0.15) is 5.60 Å². The number of hydrogen-bond acceptors (Lipinski definition) is 3. The number of rotatable bonds is 3. The van der Waals surface area contributed by atoms with Crippen LogP contribution >= 0.6 is 11.6 Å². The van der Waals surface area contributed by atoms with E-state index in [1.807, 2.05) is 11.6 Å². The number of nitrogens with one attached hydrogen (secondary N) is 1. The third-order valence-electron chi connectivity index (χ3n) is 3.59. The molecule has 5 heteroatoms. The SMILES string of the molecule is CCCn1ncc(Cl)c1C1(O)CCNCC1C. The molecule has 0 bridgehead atoms. The molecular weight excluding hydrogens is 238 g/mol. The van der Waals surface area contributed by atoms with Gasteiger partial charge in [-0.05, 0) is 19.4 Å². The standard InChI is InChI=1S/C12H20ClN3O/c1-3-6-16-11(10(13)8-15-16)12(17)4-5-14-7-9(12)2/h8-9,14,17H,3-7H2,1-2H3. The molecule has 0 aliphatic carbocycles. The van der Waals surface area contributed by atoms with Gasteiger partial charge in [0.2, 0.25) is 0 Å².